The number of para-hydroxylation sites is 1. The van der Waals surface area contributed by atoms with Crippen LogP contribution in [0.25, 0.3) is 22.4 Å². The number of hydrogen-bond donors (Lipinski definition) is 1. The van der Waals surface area contributed by atoms with Crippen LogP contribution in [0.5, 0.6) is 0 Å². The van der Waals surface area contributed by atoms with Gasteiger partial charge in [0.1, 0.15) is 0 Å². The molecule has 1 aliphatic carbocycles. The summed E-state index contributed by atoms with van der Waals surface area (Å²) in [5.74, 6) is 0.209. The average Bonchev–Trinajstić information content (AvgIpc) is 3.28. The molecule has 0 amide bonds. The summed E-state index contributed by atoms with van der Waals surface area (Å²) in [6, 6.07) is 43.5. The molecule has 0 spiro atoms. The first kappa shape index (κ1) is 19.6. The third-order valence-electron chi connectivity index (χ3n) is 6.67. The monoisotopic (exact) mass is 423 g/mol. The molecule has 6 rings (SSSR count). The fraction of sp³-hybridized carbons (Fsp3) is 0.0625. The highest BCUT2D eigenvalue weighted by atomic mass is 14.9. The van der Waals surface area contributed by atoms with Gasteiger partial charge in [0.2, 0.25) is 0 Å². The molecule has 0 saturated carbocycles. The van der Waals surface area contributed by atoms with Crippen LogP contribution in [0.15, 0.2) is 121 Å². The Hall–Kier alpha value is -4.10. The van der Waals surface area contributed by atoms with E-state index in [1.54, 1.807) is 0 Å². The van der Waals surface area contributed by atoms with E-state index in [0.29, 0.717) is 0 Å². The van der Waals surface area contributed by atoms with E-state index in [2.05, 4.69) is 133 Å². The van der Waals surface area contributed by atoms with Gasteiger partial charge in [-0.25, -0.2) is 0 Å². The Labute approximate surface area is 195 Å². The van der Waals surface area contributed by atoms with Crippen LogP contribution in [0.4, 0.5) is 5.69 Å². The first-order valence-electron chi connectivity index (χ1n) is 11.5. The van der Waals surface area contributed by atoms with Gasteiger partial charge >= 0.3 is 0 Å². The zero-order valence-electron chi connectivity index (χ0n) is 18.4. The molecule has 0 aliphatic heterocycles. The maximum Gasteiger partial charge on any atom is 0.0410 e. The summed E-state index contributed by atoms with van der Waals surface area (Å²) >= 11 is 0. The van der Waals surface area contributed by atoms with Gasteiger partial charge in [-0.2, -0.15) is 0 Å². The highest BCUT2D eigenvalue weighted by Gasteiger charge is 2.29. The summed E-state index contributed by atoms with van der Waals surface area (Å²) in [4.78, 5) is 0. The maximum absolute atomic E-state index is 3.68. The molecule has 0 fully saturated rings. The number of allylic oxidation sites excluding steroid dienone is 1. The topological polar surface area (TPSA) is 12.0 Å². The van der Waals surface area contributed by atoms with E-state index >= 15 is 0 Å². The van der Waals surface area contributed by atoms with E-state index in [-0.39, 0.29) is 5.92 Å². The van der Waals surface area contributed by atoms with Gasteiger partial charge in [0.25, 0.3) is 0 Å². The molecule has 1 N–H and O–H groups in total. The van der Waals surface area contributed by atoms with Gasteiger partial charge in [0.05, 0.1) is 0 Å². The molecule has 5 aromatic carbocycles. The molecule has 1 aliphatic rings. The van der Waals surface area contributed by atoms with E-state index in [4.69, 9.17) is 0 Å². The van der Waals surface area contributed by atoms with Gasteiger partial charge in [-0.3, -0.25) is 0 Å². The number of anilines is 1. The van der Waals surface area contributed by atoms with Crippen molar-refractivity contribution in [2.45, 2.75) is 12.5 Å². The molecule has 5 aromatic rings. The van der Waals surface area contributed by atoms with E-state index in [0.717, 1.165) is 12.2 Å². The minimum atomic E-state index is 0.209. The van der Waals surface area contributed by atoms with Crippen molar-refractivity contribution >= 4 is 28.1 Å². The lowest BCUT2D eigenvalue weighted by atomic mass is 9.81. The van der Waals surface area contributed by atoms with Crippen molar-refractivity contribution in [3.8, 4) is 0 Å². The fourth-order valence-electron chi connectivity index (χ4n) is 5.11. The fourth-order valence-corrected chi connectivity index (χ4v) is 5.11. The van der Waals surface area contributed by atoms with Gasteiger partial charge in [-0.15, -0.1) is 0 Å². The Morgan fingerprint density at radius 2 is 1.27 bits per heavy atom. The zero-order valence-corrected chi connectivity index (χ0v) is 18.4. The van der Waals surface area contributed by atoms with Crippen molar-refractivity contribution in [2.75, 3.05) is 5.32 Å². The third kappa shape index (κ3) is 3.62. The standard InChI is InChI=1S/C32H25N/c1-3-11-23(12-4-1)30-21-25-14-8-10-18-28(25)32(30)29-20-19-24-13-7-9-17-27(24)31(29)22-33-26-15-5-2-6-16-26/h1-21,32-33H,22H2. The van der Waals surface area contributed by atoms with Gasteiger partial charge in [0.15, 0.2) is 0 Å². The van der Waals surface area contributed by atoms with Crippen LogP contribution in [-0.4, -0.2) is 0 Å². The summed E-state index contributed by atoms with van der Waals surface area (Å²) < 4.78 is 0. The zero-order chi connectivity index (χ0) is 22.0. The van der Waals surface area contributed by atoms with Crippen LogP contribution in [0.1, 0.15) is 33.7 Å². The summed E-state index contributed by atoms with van der Waals surface area (Å²) in [7, 11) is 0. The van der Waals surface area contributed by atoms with Gasteiger partial charge in [0, 0.05) is 18.2 Å². The first-order valence-corrected chi connectivity index (χ1v) is 11.5. The Morgan fingerprint density at radius 1 is 0.576 bits per heavy atom. The second-order valence-electron chi connectivity index (χ2n) is 8.60. The van der Waals surface area contributed by atoms with Crippen molar-refractivity contribution < 1.29 is 0 Å². The Bertz CT molecular complexity index is 1450. The number of nitrogens with one attached hydrogen (secondary N) is 1. The average molecular weight is 424 g/mol. The molecule has 0 heterocycles. The van der Waals surface area contributed by atoms with E-state index in [9.17, 15) is 0 Å². The third-order valence-corrected chi connectivity index (χ3v) is 6.67. The molecule has 1 atom stereocenters. The van der Waals surface area contributed by atoms with E-state index < -0.39 is 0 Å². The van der Waals surface area contributed by atoms with Crippen molar-refractivity contribution in [2.24, 2.45) is 0 Å². The molecule has 1 heteroatoms. The SMILES string of the molecule is C1=C(c2ccccc2)C(c2ccc3ccccc3c2CNc2ccccc2)c2ccccc21. The molecule has 0 bridgehead atoms. The smallest absolute Gasteiger partial charge is 0.0410 e. The Kier molecular flexibility index (Phi) is 5.01. The van der Waals surface area contributed by atoms with Crippen molar-refractivity contribution in [1.29, 1.82) is 0 Å². The predicted octanol–water partition coefficient (Wildman–Crippen LogP) is 8.14. The second-order valence-corrected chi connectivity index (χ2v) is 8.60. The van der Waals surface area contributed by atoms with Gasteiger partial charge in [-0.05, 0) is 62.4 Å². The van der Waals surface area contributed by atoms with Crippen LogP contribution in [-0.2, 0) is 6.54 Å². The lowest BCUT2D eigenvalue weighted by Crippen LogP contribution is -2.09. The number of rotatable bonds is 5. The van der Waals surface area contributed by atoms with Crippen LogP contribution in [0.3, 0.4) is 0 Å². The molecule has 0 saturated heterocycles. The highest BCUT2D eigenvalue weighted by molar-refractivity contribution is 5.96. The summed E-state index contributed by atoms with van der Waals surface area (Å²) in [6.07, 6.45) is 2.37. The van der Waals surface area contributed by atoms with Crippen LogP contribution < -0.4 is 5.32 Å². The first-order chi connectivity index (χ1) is 16.4. The normalized spacial score (nSPS) is 14.7. The number of fused-ring (bicyclic) bond motifs is 2. The molecule has 0 aromatic heterocycles. The largest absolute Gasteiger partial charge is 0.381 e. The van der Waals surface area contributed by atoms with Crippen molar-refractivity contribution in [1.82, 2.24) is 0 Å². The second kappa shape index (κ2) is 8.44. The van der Waals surface area contributed by atoms with E-state index in [1.165, 1.54) is 44.2 Å². The number of hydrogen-bond acceptors (Lipinski definition) is 1. The van der Waals surface area contributed by atoms with E-state index in [1.807, 2.05) is 0 Å². The molecule has 1 unspecified atom stereocenters. The van der Waals surface area contributed by atoms with Gasteiger partial charge in [-0.1, -0.05) is 109 Å². The molecule has 33 heavy (non-hydrogen) atoms. The highest BCUT2D eigenvalue weighted by Crippen LogP contribution is 2.47. The lowest BCUT2D eigenvalue weighted by Gasteiger charge is -2.23. The molecular weight excluding hydrogens is 398 g/mol. The van der Waals surface area contributed by atoms with Crippen LogP contribution in [0, 0.1) is 0 Å². The maximum atomic E-state index is 3.68. The molecular formula is C32H25N. The summed E-state index contributed by atoms with van der Waals surface area (Å²) in [5.41, 5.74) is 9.23. The van der Waals surface area contributed by atoms with Crippen molar-refractivity contribution in [3.63, 3.8) is 0 Å². The van der Waals surface area contributed by atoms with Crippen LogP contribution in [0.2, 0.25) is 0 Å². The Balaban J connectivity index is 1.53. The minimum absolute atomic E-state index is 0.209. The molecule has 158 valence electrons. The van der Waals surface area contributed by atoms with Gasteiger partial charge < -0.3 is 5.32 Å². The summed E-state index contributed by atoms with van der Waals surface area (Å²) in [5, 5.41) is 6.27. The molecule has 1 nitrogen and oxygen atoms in total. The predicted molar refractivity (Wildman–Crippen MR) is 140 cm³/mol. The Morgan fingerprint density at radius 3 is 2.12 bits per heavy atom. The van der Waals surface area contributed by atoms with Crippen molar-refractivity contribution in [3.05, 3.63) is 149 Å². The summed E-state index contributed by atoms with van der Waals surface area (Å²) in [6.45, 7) is 0.779. The van der Waals surface area contributed by atoms with Crippen LogP contribution >= 0.6 is 0 Å². The number of benzene rings is 5. The lowest BCUT2D eigenvalue weighted by molar-refractivity contribution is 1.01. The molecule has 0 radical (unpaired) electrons. The quantitative estimate of drug-likeness (QED) is 0.301. The minimum Gasteiger partial charge on any atom is -0.381 e.